The molecule has 1 aromatic rings. The number of nitrogens with one attached hydrogen (secondary N) is 1. The zero-order chi connectivity index (χ0) is 18.0. The first-order chi connectivity index (χ1) is 10.7. The van der Waals surface area contributed by atoms with E-state index in [-0.39, 0.29) is 0 Å². The van der Waals surface area contributed by atoms with Gasteiger partial charge in [0.25, 0.3) is 0 Å². The van der Waals surface area contributed by atoms with Gasteiger partial charge in [0.05, 0.1) is 0 Å². The van der Waals surface area contributed by atoms with E-state index in [9.17, 15) is 0 Å². The van der Waals surface area contributed by atoms with Crippen molar-refractivity contribution < 1.29 is 0 Å². The van der Waals surface area contributed by atoms with E-state index in [1.807, 2.05) is 60.6 Å². The molecule has 0 fully saturated rings. The lowest BCUT2D eigenvalue weighted by Crippen LogP contribution is -2.19. The van der Waals surface area contributed by atoms with Gasteiger partial charge in [-0.25, -0.2) is 0 Å². The Labute approximate surface area is 138 Å². The minimum absolute atomic E-state index is 1.01. The lowest BCUT2D eigenvalue weighted by atomic mass is 10.1. The second-order valence-electron chi connectivity index (χ2n) is 3.59. The maximum absolute atomic E-state index is 4.02. The lowest BCUT2D eigenvalue weighted by Gasteiger charge is -1.96. The number of hydrogen-bond acceptors (Lipinski definition) is 0. The Balaban J connectivity index is -0.000000535. The summed E-state index contributed by atoms with van der Waals surface area (Å²) in [5.41, 5.74) is 2.21. The fourth-order valence-electron chi connectivity index (χ4n) is 1.60. The van der Waals surface area contributed by atoms with Gasteiger partial charge < -0.3 is 4.98 Å². The predicted octanol–water partition coefficient (Wildman–Crippen LogP) is 5.84. The van der Waals surface area contributed by atoms with Crippen molar-refractivity contribution in [2.24, 2.45) is 0 Å². The monoisotopic (exact) mass is 303 g/mol. The quantitative estimate of drug-likeness (QED) is 0.673. The Morgan fingerprint density at radius 3 is 2.09 bits per heavy atom. The number of aromatic nitrogens is 1. The third-order valence-corrected chi connectivity index (χ3v) is 2.30. The second kappa shape index (κ2) is 19.2. The van der Waals surface area contributed by atoms with Crippen molar-refractivity contribution in [1.82, 2.24) is 4.98 Å². The Bertz CT molecular complexity index is 513. The molecule has 0 bridgehead atoms. The van der Waals surface area contributed by atoms with Gasteiger partial charge >= 0.3 is 0 Å². The maximum atomic E-state index is 4.02. The third kappa shape index (κ3) is 10.0. The molecule has 1 rings (SSSR count). The summed E-state index contributed by atoms with van der Waals surface area (Å²) < 4.78 is 0. The Morgan fingerprint density at radius 2 is 1.68 bits per heavy atom. The molecular weight excluding hydrogens is 266 g/mol. The summed E-state index contributed by atoms with van der Waals surface area (Å²) in [6.45, 7) is 23.9. The molecule has 1 heteroatoms. The van der Waals surface area contributed by atoms with Crippen molar-refractivity contribution in [3.8, 4) is 0 Å². The van der Waals surface area contributed by atoms with Crippen LogP contribution in [0.2, 0.25) is 0 Å². The second-order valence-corrected chi connectivity index (χ2v) is 3.59. The van der Waals surface area contributed by atoms with E-state index in [0.29, 0.717) is 0 Å². The highest BCUT2D eigenvalue weighted by Gasteiger charge is 1.98. The normalized spacial score (nSPS) is 10.7. The molecule has 0 unspecified atom stereocenters. The molecule has 0 aliphatic rings. The molecule has 1 heterocycles. The van der Waals surface area contributed by atoms with Crippen LogP contribution in [0.3, 0.4) is 0 Å². The van der Waals surface area contributed by atoms with Crippen LogP contribution in [-0.4, -0.2) is 4.98 Å². The fourth-order valence-corrected chi connectivity index (χ4v) is 1.60. The number of rotatable bonds is 4. The van der Waals surface area contributed by atoms with Crippen LogP contribution >= 0.6 is 0 Å². The van der Waals surface area contributed by atoms with Crippen LogP contribution < -0.4 is 10.6 Å². The van der Waals surface area contributed by atoms with Gasteiger partial charge in [0.1, 0.15) is 0 Å². The molecule has 1 nitrogen and oxygen atoms in total. The summed E-state index contributed by atoms with van der Waals surface area (Å²) in [7, 11) is 0. The van der Waals surface area contributed by atoms with Crippen LogP contribution in [0.5, 0.6) is 0 Å². The molecule has 0 spiro atoms. The lowest BCUT2D eigenvalue weighted by molar-refractivity contribution is 1.22. The Morgan fingerprint density at radius 1 is 1.14 bits per heavy atom. The third-order valence-electron chi connectivity index (χ3n) is 2.30. The summed E-state index contributed by atoms with van der Waals surface area (Å²) in [5, 5.41) is 2.15. The van der Waals surface area contributed by atoms with Crippen LogP contribution in [0.4, 0.5) is 0 Å². The number of aromatic amines is 1. The van der Waals surface area contributed by atoms with Crippen molar-refractivity contribution >= 4 is 18.2 Å². The first-order valence-corrected chi connectivity index (χ1v) is 8.56. The van der Waals surface area contributed by atoms with Crippen molar-refractivity contribution in [2.75, 3.05) is 0 Å². The minimum Gasteiger partial charge on any atom is -0.355 e. The van der Waals surface area contributed by atoms with Gasteiger partial charge in [-0.2, -0.15) is 0 Å². The molecular formula is C21H37N. The van der Waals surface area contributed by atoms with Gasteiger partial charge in [0.2, 0.25) is 0 Å². The maximum Gasteiger partial charge on any atom is 0.0464 e. The molecule has 22 heavy (non-hydrogen) atoms. The molecule has 1 aromatic heterocycles. The molecule has 0 atom stereocenters. The molecule has 126 valence electrons. The van der Waals surface area contributed by atoms with Crippen LogP contribution in [0.25, 0.3) is 18.2 Å². The van der Waals surface area contributed by atoms with E-state index in [4.69, 9.17) is 0 Å². The highest BCUT2D eigenvalue weighted by atomic mass is 14.7. The van der Waals surface area contributed by atoms with Crippen molar-refractivity contribution in [1.29, 1.82) is 0 Å². The fraction of sp³-hybridized carbons (Fsp3) is 0.429. The van der Waals surface area contributed by atoms with E-state index < -0.39 is 0 Å². The van der Waals surface area contributed by atoms with E-state index in [2.05, 4.69) is 43.3 Å². The van der Waals surface area contributed by atoms with E-state index in [0.717, 1.165) is 28.3 Å². The first kappa shape index (κ1) is 25.2. The van der Waals surface area contributed by atoms with Crippen molar-refractivity contribution in [3.05, 3.63) is 53.2 Å². The predicted molar refractivity (Wildman–Crippen MR) is 107 cm³/mol. The molecule has 0 amide bonds. The van der Waals surface area contributed by atoms with Crippen LogP contribution in [0.1, 0.15) is 67.5 Å². The first-order valence-electron chi connectivity index (χ1n) is 8.56. The Kier molecular flexibility index (Phi) is 22.0. The van der Waals surface area contributed by atoms with E-state index in [1.165, 1.54) is 0 Å². The van der Waals surface area contributed by atoms with Crippen molar-refractivity contribution in [2.45, 2.75) is 61.8 Å². The molecule has 0 aliphatic heterocycles. The van der Waals surface area contributed by atoms with Crippen LogP contribution in [0.15, 0.2) is 36.9 Å². The van der Waals surface area contributed by atoms with Crippen molar-refractivity contribution in [3.63, 3.8) is 0 Å². The zero-order valence-electron chi connectivity index (χ0n) is 16.1. The minimum atomic E-state index is 1.01. The summed E-state index contributed by atoms with van der Waals surface area (Å²) in [6, 6.07) is 2.07. The highest BCUT2D eigenvalue weighted by Crippen LogP contribution is 2.10. The Hall–Kier alpha value is -1.76. The highest BCUT2D eigenvalue weighted by molar-refractivity contribution is 5.73. The summed E-state index contributed by atoms with van der Waals surface area (Å²) in [5.74, 6) is 0. The van der Waals surface area contributed by atoms with Gasteiger partial charge in [-0.3, -0.25) is 0 Å². The van der Waals surface area contributed by atoms with E-state index in [1.54, 1.807) is 6.08 Å². The standard InChI is InChI=1S/C15H19N.3C2H6/c1-5-8-13(9-6-2)15-11-12(4)14(16-15)10-7-3;3*1-2/h5-6,8-11,16H,1,4,7H2,2-3H3;3*1-2H3/b9-6-,13-8+,14-10+;;;. The van der Waals surface area contributed by atoms with Gasteiger partial charge in [-0.15, -0.1) is 0 Å². The van der Waals surface area contributed by atoms with Gasteiger partial charge in [0.15, 0.2) is 0 Å². The zero-order valence-corrected chi connectivity index (χ0v) is 16.1. The van der Waals surface area contributed by atoms with E-state index >= 15 is 0 Å². The number of hydrogen-bond donors (Lipinski definition) is 1. The summed E-state index contributed by atoms with van der Waals surface area (Å²) >= 11 is 0. The smallest absolute Gasteiger partial charge is 0.0464 e. The number of allylic oxidation sites excluding steroid dienone is 5. The van der Waals surface area contributed by atoms with Crippen LogP contribution in [-0.2, 0) is 0 Å². The van der Waals surface area contributed by atoms with Gasteiger partial charge in [-0.1, -0.05) is 92.0 Å². The summed E-state index contributed by atoms with van der Waals surface area (Å²) in [4.78, 5) is 3.37. The molecule has 0 aliphatic carbocycles. The van der Waals surface area contributed by atoms with Crippen LogP contribution in [0, 0.1) is 0 Å². The largest absolute Gasteiger partial charge is 0.355 e. The topological polar surface area (TPSA) is 15.8 Å². The molecule has 0 radical (unpaired) electrons. The summed E-state index contributed by atoms with van der Waals surface area (Å²) in [6.07, 6.45) is 11.0. The molecule has 1 N–H and O–H groups in total. The number of H-pyrrole nitrogens is 1. The molecule has 0 saturated heterocycles. The average Bonchev–Trinajstić information content (AvgIpc) is 2.94. The molecule has 0 saturated carbocycles. The SMILES string of the molecule is C=C/C=C(\C=C/C)c1cc(=C)/c(=C\CC)[nH]1.CC.CC.CC. The average molecular weight is 304 g/mol. The van der Waals surface area contributed by atoms with Gasteiger partial charge in [-0.05, 0) is 30.2 Å². The molecule has 0 aromatic carbocycles. The van der Waals surface area contributed by atoms with Gasteiger partial charge in [0, 0.05) is 11.0 Å².